The molecule has 1 N–H and O–H groups in total. The van der Waals surface area contributed by atoms with Crippen LogP contribution in [0.3, 0.4) is 0 Å². The van der Waals surface area contributed by atoms with Gasteiger partial charge in [-0.2, -0.15) is 0 Å². The van der Waals surface area contributed by atoms with Crippen LogP contribution in [0.15, 0.2) is 24.5 Å². The molecule has 5 nitrogen and oxygen atoms in total. The Morgan fingerprint density at radius 2 is 2.28 bits per heavy atom. The Kier molecular flexibility index (Phi) is 2.96. The second-order valence-electron chi connectivity index (χ2n) is 4.93. The van der Waals surface area contributed by atoms with Gasteiger partial charge in [0.2, 0.25) is 0 Å². The van der Waals surface area contributed by atoms with Gasteiger partial charge >= 0.3 is 0 Å². The number of aromatic nitrogens is 4. The zero-order valence-electron chi connectivity index (χ0n) is 10.5. The molecule has 1 saturated carbocycles. The predicted molar refractivity (Wildman–Crippen MR) is 69.7 cm³/mol. The smallest absolute Gasteiger partial charge is 0.143 e. The lowest BCUT2D eigenvalue weighted by Gasteiger charge is -2.26. The second kappa shape index (κ2) is 4.76. The number of aryl methyl sites for hydroxylation is 1. The zero-order chi connectivity index (χ0) is 12.4. The molecule has 0 unspecified atom stereocenters. The number of anilines is 1. The molecule has 0 spiro atoms. The van der Waals surface area contributed by atoms with Gasteiger partial charge in [-0.25, -0.2) is 4.68 Å². The first-order valence-corrected chi connectivity index (χ1v) is 6.41. The van der Waals surface area contributed by atoms with Crippen LogP contribution < -0.4 is 5.32 Å². The van der Waals surface area contributed by atoms with Crippen LogP contribution in [-0.2, 0) is 0 Å². The van der Waals surface area contributed by atoms with Gasteiger partial charge in [0.25, 0.3) is 0 Å². The highest BCUT2D eigenvalue weighted by Gasteiger charge is 2.17. The predicted octanol–water partition coefficient (Wildman–Crippen LogP) is 2.18. The Morgan fingerprint density at radius 3 is 2.94 bits per heavy atom. The molecule has 2 aromatic rings. The number of hydrogen-bond donors (Lipinski definition) is 1. The van der Waals surface area contributed by atoms with E-state index in [1.807, 2.05) is 6.07 Å². The molecule has 0 amide bonds. The van der Waals surface area contributed by atoms with Crippen molar-refractivity contribution in [3.63, 3.8) is 0 Å². The maximum absolute atomic E-state index is 3.91. The van der Waals surface area contributed by atoms with Crippen molar-refractivity contribution in [3.05, 3.63) is 30.1 Å². The molecular weight excluding hydrogens is 226 g/mol. The first kappa shape index (κ1) is 11.2. The maximum atomic E-state index is 3.91. The van der Waals surface area contributed by atoms with E-state index in [0.717, 1.165) is 18.2 Å². The van der Waals surface area contributed by atoms with Gasteiger partial charge in [0.05, 0.1) is 5.69 Å². The lowest BCUT2D eigenvalue weighted by atomic mass is 9.85. The van der Waals surface area contributed by atoms with Crippen molar-refractivity contribution >= 4 is 5.69 Å². The topological polar surface area (TPSA) is 55.6 Å². The van der Waals surface area contributed by atoms with Crippen molar-refractivity contribution in [1.82, 2.24) is 20.2 Å². The number of nitrogens with one attached hydrogen (secondary N) is 1. The Balaban J connectivity index is 1.77. The number of tetrazole rings is 1. The molecule has 3 rings (SSSR count). The number of nitrogens with zero attached hydrogens (tertiary/aromatic N) is 4. The molecule has 5 heteroatoms. The first-order chi connectivity index (χ1) is 8.83. The minimum Gasteiger partial charge on any atom is -0.384 e. The summed E-state index contributed by atoms with van der Waals surface area (Å²) in [5.41, 5.74) is 3.42. The maximum Gasteiger partial charge on any atom is 0.143 e. The summed E-state index contributed by atoms with van der Waals surface area (Å²) in [5, 5.41) is 14.8. The molecule has 0 radical (unpaired) electrons. The van der Waals surface area contributed by atoms with E-state index in [1.54, 1.807) is 11.0 Å². The lowest BCUT2D eigenvalue weighted by Crippen LogP contribution is -2.21. The largest absolute Gasteiger partial charge is 0.384 e. The van der Waals surface area contributed by atoms with E-state index in [2.05, 4.69) is 39.9 Å². The molecule has 0 bridgehead atoms. The summed E-state index contributed by atoms with van der Waals surface area (Å²) >= 11 is 0. The summed E-state index contributed by atoms with van der Waals surface area (Å²) in [6.07, 6.45) is 5.72. The van der Waals surface area contributed by atoms with Crippen LogP contribution in [0.25, 0.3) is 5.69 Å². The fraction of sp³-hybridized carbons (Fsp3) is 0.462. The van der Waals surface area contributed by atoms with Crippen LogP contribution in [0.2, 0.25) is 0 Å². The third kappa shape index (κ3) is 2.20. The molecule has 94 valence electrons. The van der Waals surface area contributed by atoms with E-state index in [-0.39, 0.29) is 0 Å². The molecule has 1 aliphatic carbocycles. The van der Waals surface area contributed by atoms with Crippen LogP contribution in [0, 0.1) is 12.8 Å². The van der Waals surface area contributed by atoms with E-state index in [0.29, 0.717) is 0 Å². The van der Waals surface area contributed by atoms with Crippen LogP contribution >= 0.6 is 0 Å². The van der Waals surface area contributed by atoms with Crippen molar-refractivity contribution in [1.29, 1.82) is 0 Å². The van der Waals surface area contributed by atoms with Gasteiger partial charge in [0, 0.05) is 12.2 Å². The first-order valence-electron chi connectivity index (χ1n) is 6.41. The quantitative estimate of drug-likeness (QED) is 0.894. The van der Waals surface area contributed by atoms with Crippen LogP contribution in [0.4, 0.5) is 5.69 Å². The van der Waals surface area contributed by atoms with Gasteiger partial charge in [-0.3, -0.25) is 0 Å². The Hall–Kier alpha value is -1.91. The summed E-state index contributed by atoms with van der Waals surface area (Å²) in [7, 11) is 0. The van der Waals surface area contributed by atoms with Crippen molar-refractivity contribution in [2.75, 3.05) is 11.9 Å². The highest BCUT2D eigenvalue weighted by atomic mass is 15.5. The SMILES string of the molecule is Cc1ccc(-n2cnnn2)cc1NCC1CCC1. The van der Waals surface area contributed by atoms with Crippen LogP contribution in [-0.4, -0.2) is 26.8 Å². The fourth-order valence-electron chi connectivity index (χ4n) is 2.17. The second-order valence-corrected chi connectivity index (χ2v) is 4.93. The van der Waals surface area contributed by atoms with Crippen molar-refractivity contribution in [2.45, 2.75) is 26.2 Å². The van der Waals surface area contributed by atoms with E-state index in [1.165, 1.54) is 30.5 Å². The van der Waals surface area contributed by atoms with Crippen molar-refractivity contribution < 1.29 is 0 Å². The van der Waals surface area contributed by atoms with Crippen LogP contribution in [0.1, 0.15) is 24.8 Å². The minimum atomic E-state index is 0.848. The van der Waals surface area contributed by atoms with Gasteiger partial charge in [-0.05, 0) is 53.8 Å². The summed E-state index contributed by atoms with van der Waals surface area (Å²) in [6, 6.07) is 6.23. The monoisotopic (exact) mass is 243 g/mol. The van der Waals surface area contributed by atoms with Gasteiger partial charge in [-0.1, -0.05) is 12.5 Å². The third-order valence-corrected chi connectivity index (χ3v) is 3.64. The van der Waals surface area contributed by atoms with E-state index < -0.39 is 0 Å². The van der Waals surface area contributed by atoms with Crippen molar-refractivity contribution in [3.8, 4) is 5.69 Å². The molecule has 0 aliphatic heterocycles. The minimum absolute atomic E-state index is 0.848. The van der Waals surface area contributed by atoms with E-state index in [9.17, 15) is 0 Å². The summed E-state index contributed by atoms with van der Waals surface area (Å²) in [6.45, 7) is 3.19. The lowest BCUT2D eigenvalue weighted by molar-refractivity contribution is 0.333. The molecular formula is C13H17N5. The average molecular weight is 243 g/mol. The molecule has 1 aromatic carbocycles. The number of rotatable bonds is 4. The molecule has 1 fully saturated rings. The fourth-order valence-corrected chi connectivity index (χ4v) is 2.17. The van der Waals surface area contributed by atoms with Gasteiger partial charge in [0.1, 0.15) is 6.33 Å². The van der Waals surface area contributed by atoms with E-state index >= 15 is 0 Å². The standard InChI is InChI=1S/C13H17N5/c1-10-5-6-12(18-9-15-16-17-18)7-13(10)14-8-11-3-2-4-11/h5-7,9,11,14H,2-4,8H2,1H3. The molecule has 1 aliphatic rings. The molecule has 0 saturated heterocycles. The van der Waals surface area contributed by atoms with Gasteiger partial charge in [-0.15, -0.1) is 5.10 Å². The van der Waals surface area contributed by atoms with Crippen molar-refractivity contribution in [2.24, 2.45) is 5.92 Å². The van der Waals surface area contributed by atoms with Gasteiger partial charge in [0.15, 0.2) is 0 Å². The normalized spacial score (nSPS) is 15.4. The Bertz CT molecular complexity index is 516. The molecule has 0 atom stereocenters. The average Bonchev–Trinajstić information content (AvgIpc) is 2.83. The summed E-state index contributed by atoms with van der Waals surface area (Å²) in [5.74, 6) is 0.848. The zero-order valence-corrected chi connectivity index (χ0v) is 10.5. The number of benzene rings is 1. The molecule has 18 heavy (non-hydrogen) atoms. The highest BCUT2D eigenvalue weighted by Crippen LogP contribution is 2.27. The van der Waals surface area contributed by atoms with Gasteiger partial charge < -0.3 is 5.32 Å². The Morgan fingerprint density at radius 1 is 1.39 bits per heavy atom. The number of hydrogen-bond acceptors (Lipinski definition) is 4. The van der Waals surface area contributed by atoms with E-state index in [4.69, 9.17) is 0 Å². The Labute approximate surface area is 106 Å². The highest BCUT2D eigenvalue weighted by molar-refractivity contribution is 5.56. The summed E-state index contributed by atoms with van der Waals surface area (Å²) < 4.78 is 1.67. The van der Waals surface area contributed by atoms with Crippen LogP contribution in [0.5, 0.6) is 0 Å². The summed E-state index contributed by atoms with van der Waals surface area (Å²) in [4.78, 5) is 0. The molecule has 1 aromatic heterocycles. The third-order valence-electron chi connectivity index (χ3n) is 3.64. The molecule has 1 heterocycles.